The molecule has 1 unspecified atom stereocenters. The van der Waals surface area contributed by atoms with E-state index >= 15 is 0 Å². The first-order chi connectivity index (χ1) is 14.9. The molecule has 0 aliphatic carbocycles. The summed E-state index contributed by atoms with van der Waals surface area (Å²) in [7, 11) is 0. The molecule has 1 heterocycles. The van der Waals surface area contributed by atoms with Crippen LogP contribution in [0.4, 0.5) is 16.2 Å². The van der Waals surface area contributed by atoms with Crippen LogP contribution < -0.4 is 14.9 Å². The third-order valence-corrected chi connectivity index (χ3v) is 4.92. The van der Waals surface area contributed by atoms with E-state index in [0.29, 0.717) is 17.8 Å². The normalized spacial score (nSPS) is 11.4. The van der Waals surface area contributed by atoms with Crippen molar-refractivity contribution in [2.45, 2.75) is 6.54 Å². The highest BCUT2D eigenvalue weighted by atomic mass is 32.2. The maximum Gasteiger partial charge on any atom is 0.324 e. The number of hydrogen-bond donors (Lipinski definition) is 3. The van der Waals surface area contributed by atoms with E-state index in [0.717, 1.165) is 15.4 Å². The molecule has 0 radical (unpaired) electrons. The quantitative estimate of drug-likeness (QED) is 0.462. The lowest BCUT2D eigenvalue weighted by Crippen LogP contribution is -2.31. The number of amides is 2. The minimum Gasteiger partial charge on any atom is -0.755 e. The lowest BCUT2D eigenvalue weighted by Gasteiger charge is -2.25. The number of carbonyl (C=O) groups is 2. The third kappa shape index (κ3) is 6.36. The molecule has 0 fully saturated rings. The molecular weight excluding hydrogens is 420 g/mol. The maximum absolute atomic E-state index is 12.2. The monoisotopic (exact) mass is 439 g/mol. The first-order valence-corrected chi connectivity index (χ1v) is 10.2. The van der Waals surface area contributed by atoms with E-state index in [-0.39, 0.29) is 11.7 Å². The van der Waals surface area contributed by atoms with E-state index in [9.17, 15) is 18.4 Å². The van der Waals surface area contributed by atoms with E-state index in [4.69, 9.17) is 5.11 Å². The summed E-state index contributed by atoms with van der Waals surface area (Å²) in [4.78, 5) is 27.1. The number of nitrogens with one attached hydrogen (secondary N) is 2. The summed E-state index contributed by atoms with van der Waals surface area (Å²) in [5, 5.41) is 14.4. The average molecular weight is 439 g/mol. The van der Waals surface area contributed by atoms with Crippen molar-refractivity contribution >= 4 is 34.6 Å². The van der Waals surface area contributed by atoms with Gasteiger partial charge in [0.05, 0.1) is 0 Å². The second-order valence-electron chi connectivity index (χ2n) is 6.45. The number of nitrogens with zero attached hydrogens (tertiary/aromatic N) is 2. The van der Waals surface area contributed by atoms with Gasteiger partial charge in [0.1, 0.15) is 6.54 Å². The van der Waals surface area contributed by atoms with Crippen LogP contribution in [0.2, 0.25) is 0 Å². The zero-order chi connectivity index (χ0) is 22.2. The SMILES string of the molecule is O=C(O)CN(c1cccc(-c2cccc(NC(=O)NCc3cccnc3)c2)c1)S(=O)[O-]. The Hall–Kier alpha value is -3.76. The molecular formula is C21H19N4O5S-. The molecule has 31 heavy (non-hydrogen) atoms. The molecule has 0 aliphatic rings. The van der Waals surface area contributed by atoms with Crippen LogP contribution in [0.5, 0.6) is 0 Å². The average Bonchev–Trinajstić information content (AvgIpc) is 2.77. The summed E-state index contributed by atoms with van der Waals surface area (Å²) in [6.07, 6.45) is 3.32. The number of carboxylic acids is 1. The van der Waals surface area contributed by atoms with Gasteiger partial charge in [0.25, 0.3) is 0 Å². The Morgan fingerprint density at radius 1 is 1.06 bits per heavy atom. The van der Waals surface area contributed by atoms with Gasteiger partial charge in [0.15, 0.2) is 0 Å². The molecule has 10 heteroatoms. The summed E-state index contributed by atoms with van der Waals surface area (Å²) in [5.41, 5.74) is 3.02. The van der Waals surface area contributed by atoms with Gasteiger partial charge in [-0.2, -0.15) is 0 Å². The Balaban J connectivity index is 1.73. The summed E-state index contributed by atoms with van der Waals surface area (Å²) >= 11 is -2.74. The van der Waals surface area contributed by atoms with Gasteiger partial charge in [-0.1, -0.05) is 30.3 Å². The molecule has 2 amide bonds. The molecule has 0 spiro atoms. The predicted octanol–water partition coefficient (Wildman–Crippen LogP) is 2.76. The Morgan fingerprint density at radius 2 is 1.81 bits per heavy atom. The van der Waals surface area contributed by atoms with Crippen molar-refractivity contribution in [3.05, 3.63) is 78.6 Å². The number of anilines is 2. The van der Waals surface area contributed by atoms with Crippen molar-refractivity contribution < 1.29 is 23.5 Å². The minimum absolute atomic E-state index is 0.223. The second-order valence-corrected chi connectivity index (χ2v) is 7.32. The molecule has 0 saturated heterocycles. The van der Waals surface area contributed by atoms with Crippen LogP contribution in [0.15, 0.2) is 73.1 Å². The number of aromatic nitrogens is 1. The molecule has 3 rings (SSSR count). The Morgan fingerprint density at radius 3 is 2.48 bits per heavy atom. The first kappa shape index (κ1) is 21.9. The van der Waals surface area contributed by atoms with E-state index in [2.05, 4.69) is 15.6 Å². The number of benzene rings is 2. The van der Waals surface area contributed by atoms with Gasteiger partial charge in [0, 0.05) is 41.6 Å². The van der Waals surface area contributed by atoms with Crippen LogP contribution in [0, 0.1) is 0 Å². The van der Waals surface area contributed by atoms with Gasteiger partial charge in [0.2, 0.25) is 0 Å². The molecule has 0 bridgehead atoms. The van der Waals surface area contributed by atoms with E-state index in [1.165, 1.54) is 6.07 Å². The number of aliphatic carboxylic acids is 1. The number of carbonyl (C=O) groups excluding carboxylic acids is 1. The zero-order valence-corrected chi connectivity index (χ0v) is 17.0. The topological polar surface area (TPSA) is 135 Å². The highest BCUT2D eigenvalue weighted by molar-refractivity contribution is 7.80. The van der Waals surface area contributed by atoms with Crippen molar-refractivity contribution in [1.29, 1.82) is 0 Å². The van der Waals surface area contributed by atoms with Crippen LogP contribution >= 0.6 is 0 Å². The van der Waals surface area contributed by atoms with Crippen molar-refractivity contribution in [2.24, 2.45) is 0 Å². The maximum atomic E-state index is 12.2. The molecule has 9 nitrogen and oxygen atoms in total. The van der Waals surface area contributed by atoms with Gasteiger partial charge < -0.3 is 20.3 Å². The van der Waals surface area contributed by atoms with E-state index in [1.807, 2.05) is 6.07 Å². The standard InChI is InChI=1S/C21H20N4O5S/c26-20(27)14-25(31(29)30)19-8-2-6-17(11-19)16-5-1-7-18(10-16)24-21(28)23-13-15-4-3-9-22-12-15/h1-12H,13-14H2,(H,26,27)(H,29,30)(H2,23,24,28)/p-1. The highest BCUT2D eigenvalue weighted by Gasteiger charge is 2.13. The third-order valence-electron chi connectivity index (χ3n) is 4.22. The lowest BCUT2D eigenvalue weighted by molar-refractivity contribution is -0.135. The van der Waals surface area contributed by atoms with Gasteiger partial charge >= 0.3 is 12.0 Å². The molecule has 160 valence electrons. The van der Waals surface area contributed by atoms with Crippen molar-refractivity contribution in [1.82, 2.24) is 10.3 Å². The number of rotatable bonds is 8. The largest absolute Gasteiger partial charge is 0.755 e. The fourth-order valence-corrected chi connectivity index (χ4v) is 3.33. The van der Waals surface area contributed by atoms with Crippen molar-refractivity contribution in [3.63, 3.8) is 0 Å². The van der Waals surface area contributed by atoms with Crippen molar-refractivity contribution in [2.75, 3.05) is 16.2 Å². The van der Waals surface area contributed by atoms with Gasteiger partial charge in [-0.25, -0.2) is 4.79 Å². The Bertz CT molecular complexity index is 1090. The van der Waals surface area contributed by atoms with Gasteiger partial charge in [-0.05, 0) is 47.0 Å². The number of pyridine rings is 1. The molecule has 0 aliphatic heterocycles. The fraction of sp³-hybridized carbons (Fsp3) is 0.0952. The fourth-order valence-electron chi connectivity index (χ4n) is 2.83. The van der Waals surface area contributed by atoms with Crippen LogP contribution in [-0.2, 0) is 22.6 Å². The molecule has 0 saturated carbocycles. The number of urea groups is 1. The number of hydrogen-bond acceptors (Lipinski definition) is 5. The second kappa shape index (κ2) is 10.3. The molecule has 3 N–H and O–H groups in total. The smallest absolute Gasteiger partial charge is 0.324 e. The summed E-state index contributed by atoms with van der Waals surface area (Å²) in [5.74, 6) is -1.27. The van der Waals surface area contributed by atoms with Gasteiger partial charge in [-0.3, -0.25) is 18.3 Å². The number of carboxylic acid groups (broad SMARTS) is 1. The van der Waals surface area contributed by atoms with Crippen LogP contribution in [0.25, 0.3) is 11.1 Å². The predicted molar refractivity (Wildman–Crippen MR) is 116 cm³/mol. The van der Waals surface area contributed by atoms with Gasteiger partial charge in [-0.15, -0.1) is 0 Å². The highest BCUT2D eigenvalue weighted by Crippen LogP contribution is 2.27. The summed E-state index contributed by atoms with van der Waals surface area (Å²) in [6.45, 7) is -0.356. The van der Waals surface area contributed by atoms with E-state index in [1.54, 1.807) is 60.9 Å². The van der Waals surface area contributed by atoms with Crippen molar-refractivity contribution in [3.8, 4) is 11.1 Å². The van der Waals surface area contributed by atoms with Crippen LogP contribution in [0.3, 0.4) is 0 Å². The molecule has 1 aromatic heterocycles. The Labute approximate surface area is 181 Å². The lowest BCUT2D eigenvalue weighted by atomic mass is 10.0. The summed E-state index contributed by atoms with van der Waals surface area (Å²) < 4.78 is 23.6. The Kier molecular flexibility index (Phi) is 7.31. The minimum atomic E-state index is -2.74. The van der Waals surface area contributed by atoms with Crippen LogP contribution in [0.1, 0.15) is 5.56 Å². The zero-order valence-electron chi connectivity index (χ0n) is 16.2. The molecule has 2 aromatic carbocycles. The van der Waals surface area contributed by atoms with Crippen LogP contribution in [-0.4, -0.2) is 37.4 Å². The van der Waals surface area contributed by atoms with E-state index < -0.39 is 23.8 Å². The molecule has 3 aromatic rings. The molecule has 1 atom stereocenters. The summed E-state index contributed by atoms with van der Waals surface area (Å²) in [6, 6.07) is 16.7. The first-order valence-electron chi connectivity index (χ1n) is 9.15.